The molecule has 25 heavy (non-hydrogen) atoms. The van der Waals surface area contributed by atoms with Crippen LogP contribution < -0.4 is 4.74 Å². The molecule has 0 amide bonds. The summed E-state index contributed by atoms with van der Waals surface area (Å²) in [6.45, 7) is 4.93. The summed E-state index contributed by atoms with van der Waals surface area (Å²) in [5.74, 6) is 0.869. The van der Waals surface area contributed by atoms with E-state index in [0.29, 0.717) is 6.54 Å². The van der Waals surface area contributed by atoms with E-state index in [-0.39, 0.29) is 0 Å². The van der Waals surface area contributed by atoms with Gasteiger partial charge in [0.1, 0.15) is 5.75 Å². The van der Waals surface area contributed by atoms with Crippen LogP contribution in [0.4, 0.5) is 0 Å². The molecule has 0 atom stereocenters. The smallest absolute Gasteiger partial charge is 0.118 e. The van der Waals surface area contributed by atoms with Gasteiger partial charge in [-0.2, -0.15) is 0 Å². The SMILES string of the molecule is COc1ccc(CN=Cc2cc(C)n(-c3ccc(I)cc3)c2C)cc1. The summed E-state index contributed by atoms with van der Waals surface area (Å²) in [6.07, 6.45) is 1.97. The number of hydrogen-bond acceptors (Lipinski definition) is 2. The van der Waals surface area contributed by atoms with Crippen molar-refractivity contribution < 1.29 is 4.74 Å². The van der Waals surface area contributed by atoms with Gasteiger partial charge in [0.15, 0.2) is 0 Å². The second kappa shape index (κ2) is 7.87. The van der Waals surface area contributed by atoms with Gasteiger partial charge in [-0.1, -0.05) is 12.1 Å². The molecular weight excluding hydrogens is 423 g/mol. The number of rotatable bonds is 5. The molecule has 1 aromatic heterocycles. The largest absolute Gasteiger partial charge is 0.497 e. The van der Waals surface area contributed by atoms with Crippen LogP contribution in [0.5, 0.6) is 5.75 Å². The molecule has 0 saturated heterocycles. The molecule has 2 aromatic carbocycles. The Hall–Kier alpha value is -2.08. The molecule has 0 saturated carbocycles. The molecule has 4 heteroatoms. The minimum Gasteiger partial charge on any atom is -0.497 e. The Labute approximate surface area is 162 Å². The van der Waals surface area contributed by atoms with Crippen molar-refractivity contribution in [3.63, 3.8) is 0 Å². The van der Waals surface area contributed by atoms with Crippen molar-refractivity contribution in [3.05, 3.63) is 80.7 Å². The van der Waals surface area contributed by atoms with Gasteiger partial charge in [0, 0.05) is 32.4 Å². The van der Waals surface area contributed by atoms with Gasteiger partial charge >= 0.3 is 0 Å². The average Bonchev–Trinajstić information content (AvgIpc) is 2.90. The maximum Gasteiger partial charge on any atom is 0.118 e. The molecule has 0 unspecified atom stereocenters. The lowest BCUT2D eigenvalue weighted by molar-refractivity contribution is 0.414. The highest BCUT2D eigenvalue weighted by Gasteiger charge is 2.09. The number of benzene rings is 2. The van der Waals surface area contributed by atoms with Crippen LogP contribution >= 0.6 is 22.6 Å². The van der Waals surface area contributed by atoms with Crippen LogP contribution in [0.1, 0.15) is 22.5 Å². The molecule has 0 N–H and O–H groups in total. The maximum absolute atomic E-state index is 5.18. The van der Waals surface area contributed by atoms with E-state index in [1.165, 1.54) is 26.2 Å². The van der Waals surface area contributed by atoms with E-state index in [1.807, 2.05) is 30.5 Å². The van der Waals surface area contributed by atoms with Gasteiger partial charge in [-0.3, -0.25) is 4.99 Å². The zero-order valence-corrected chi connectivity index (χ0v) is 16.8. The van der Waals surface area contributed by atoms with Crippen LogP contribution in [0.25, 0.3) is 5.69 Å². The van der Waals surface area contributed by atoms with E-state index in [2.05, 4.69) is 76.3 Å². The van der Waals surface area contributed by atoms with Crippen LogP contribution in [-0.4, -0.2) is 17.9 Å². The number of hydrogen-bond donors (Lipinski definition) is 0. The molecule has 0 aliphatic carbocycles. The summed E-state index contributed by atoms with van der Waals surface area (Å²) in [7, 11) is 1.68. The van der Waals surface area contributed by atoms with Crippen molar-refractivity contribution >= 4 is 28.8 Å². The summed E-state index contributed by atoms with van der Waals surface area (Å²) in [5.41, 5.74) is 5.93. The maximum atomic E-state index is 5.18. The predicted molar refractivity (Wildman–Crippen MR) is 112 cm³/mol. The van der Waals surface area contributed by atoms with Crippen LogP contribution in [0.15, 0.2) is 59.6 Å². The van der Waals surface area contributed by atoms with Gasteiger partial charge in [-0.25, -0.2) is 0 Å². The van der Waals surface area contributed by atoms with Gasteiger partial charge in [0.05, 0.1) is 13.7 Å². The number of nitrogens with zero attached hydrogens (tertiary/aromatic N) is 2. The normalized spacial score (nSPS) is 11.2. The lowest BCUT2D eigenvalue weighted by Crippen LogP contribution is -1.99. The summed E-state index contributed by atoms with van der Waals surface area (Å²) in [6, 6.07) is 18.8. The standard InChI is InChI=1S/C21H21IN2O/c1-15-12-18(14-23-13-17-4-10-21(25-3)11-5-17)16(2)24(15)20-8-6-19(22)7-9-20/h4-12,14H,13H2,1-3H3. The predicted octanol–water partition coefficient (Wildman–Crippen LogP) is 5.33. The number of aliphatic imine (C=N–C) groups is 1. The van der Waals surface area contributed by atoms with E-state index >= 15 is 0 Å². The van der Waals surface area contributed by atoms with Crippen molar-refractivity contribution in [1.29, 1.82) is 0 Å². The van der Waals surface area contributed by atoms with Crippen molar-refractivity contribution in [1.82, 2.24) is 4.57 Å². The average molecular weight is 444 g/mol. The molecule has 1 heterocycles. The van der Waals surface area contributed by atoms with Crippen molar-refractivity contribution in [3.8, 4) is 11.4 Å². The van der Waals surface area contributed by atoms with Crippen molar-refractivity contribution in [2.45, 2.75) is 20.4 Å². The van der Waals surface area contributed by atoms with E-state index in [0.717, 1.165) is 11.3 Å². The van der Waals surface area contributed by atoms with Gasteiger partial charge in [-0.05, 0) is 84.5 Å². The summed E-state index contributed by atoms with van der Waals surface area (Å²) >= 11 is 2.33. The minimum absolute atomic E-state index is 0.664. The number of aromatic nitrogens is 1. The van der Waals surface area contributed by atoms with E-state index in [4.69, 9.17) is 4.74 Å². The number of methoxy groups -OCH3 is 1. The Morgan fingerprint density at radius 3 is 2.36 bits per heavy atom. The van der Waals surface area contributed by atoms with E-state index in [9.17, 15) is 0 Å². The van der Waals surface area contributed by atoms with Crippen LogP contribution in [0.2, 0.25) is 0 Å². The van der Waals surface area contributed by atoms with Gasteiger partial charge in [-0.15, -0.1) is 0 Å². The van der Waals surface area contributed by atoms with Gasteiger partial charge in [0.25, 0.3) is 0 Å². The molecule has 3 nitrogen and oxygen atoms in total. The minimum atomic E-state index is 0.664. The molecule has 3 aromatic rings. The second-order valence-corrected chi connectivity index (χ2v) is 7.20. The lowest BCUT2D eigenvalue weighted by Gasteiger charge is -2.09. The highest BCUT2D eigenvalue weighted by Crippen LogP contribution is 2.21. The first-order valence-corrected chi connectivity index (χ1v) is 9.24. The highest BCUT2D eigenvalue weighted by atomic mass is 127. The quantitative estimate of drug-likeness (QED) is 0.386. The lowest BCUT2D eigenvalue weighted by atomic mass is 10.2. The third-order valence-corrected chi connectivity index (χ3v) is 4.94. The first-order valence-electron chi connectivity index (χ1n) is 8.16. The fourth-order valence-corrected chi connectivity index (χ4v) is 3.25. The van der Waals surface area contributed by atoms with E-state index < -0.39 is 0 Å². The molecule has 0 bridgehead atoms. The summed E-state index contributed by atoms with van der Waals surface area (Å²) in [4.78, 5) is 4.61. The topological polar surface area (TPSA) is 26.5 Å². The number of aryl methyl sites for hydroxylation is 1. The Kier molecular flexibility index (Phi) is 5.58. The van der Waals surface area contributed by atoms with Crippen molar-refractivity contribution in [2.75, 3.05) is 7.11 Å². The zero-order valence-electron chi connectivity index (χ0n) is 14.7. The first-order chi connectivity index (χ1) is 12.1. The molecule has 0 fully saturated rings. The van der Waals surface area contributed by atoms with E-state index in [1.54, 1.807) is 7.11 Å². The molecule has 3 rings (SSSR count). The molecule has 128 valence electrons. The zero-order chi connectivity index (χ0) is 17.8. The van der Waals surface area contributed by atoms with Gasteiger partial charge < -0.3 is 9.30 Å². The summed E-state index contributed by atoms with van der Waals surface area (Å²) < 4.78 is 8.69. The Bertz CT molecular complexity index is 878. The molecule has 0 aliphatic heterocycles. The fourth-order valence-electron chi connectivity index (χ4n) is 2.89. The molecule has 0 spiro atoms. The second-order valence-electron chi connectivity index (χ2n) is 5.96. The third kappa shape index (κ3) is 4.12. The number of ether oxygens (including phenoxy) is 1. The Balaban J connectivity index is 1.78. The van der Waals surface area contributed by atoms with Crippen LogP contribution in [0, 0.1) is 17.4 Å². The van der Waals surface area contributed by atoms with Crippen LogP contribution in [-0.2, 0) is 6.54 Å². The van der Waals surface area contributed by atoms with Crippen molar-refractivity contribution in [2.24, 2.45) is 4.99 Å². The summed E-state index contributed by atoms with van der Waals surface area (Å²) in [5, 5.41) is 0. The third-order valence-electron chi connectivity index (χ3n) is 4.22. The molecular formula is C21H21IN2O. The Morgan fingerprint density at radius 1 is 1.04 bits per heavy atom. The van der Waals surface area contributed by atoms with Gasteiger partial charge in [0.2, 0.25) is 0 Å². The highest BCUT2D eigenvalue weighted by molar-refractivity contribution is 14.1. The molecule has 0 aliphatic rings. The van der Waals surface area contributed by atoms with Crippen LogP contribution in [0.3, 0.4) is 0 Å². The molecule has 0 radical (unpaired) electrons. The fraction of sp³-hybridized carbons (Fsp3) is 0.190. The number of halogens is 1. The first kappa shape index (κ1) is 17.7. The monoisotopic (exact) mass is 444 g/mol. The Morgan fingerprint density at radius 2 is 1.72 bits per heavy atom.